The Morgan fingerprint density at radius 1 is 0.633 bits per heavy atom. The summed E-state index contributed by atoms with van der Waals surface area (Å²) in [5.41, 5.74) is 0.733. The van der Waals surface area contributed by atoms with Crippen molar-refractivity contribution in [2.45, 2.75) is 0 Å². The molecule has 10 nitrogen and oxygen atoms in total. The van der Waals surface area contributed by atoms with Gasteiger partial charge in [0.1, 0.15) is 0 Å². The van der Waals surface area contributed by atoms with Crippen molar-refractivity contribution >= 4 is 24.9 Å². The molecule has 0 radical (unpaired) electrons. The Kier molecular flexibility index (Phi) is 7.34. The van der Waals surface area contributed by atoms with Gasteiger partial charge in [-0.2, -0.15) is 0 Å². The van der Waals surface area contributed by atoms with Gasteiger partial charge < -0.3 is 28.4 Å². The van der Waals surface area contributed by atoms with Gasteiger partial charge in [0.2, 0.25) is 0 Å². The number of hydrogen-bond donors (Lipinski definition) is 0. The fraction of sp³-hybridized carbons (Fsp3) is 0.200. The molecule has 30 heavy (non-hydrogen) atoms. The average Bonchev–Trinajstić information content (AvgIpc) is 2.78. The number of carbonyl (C=O) groups excluding carboxylic acids is 4. The van der Waals surface area contributed by atoms with E-state index >= 15 is 0 Å². The molecule has 0 amide bonds. The molecule has 158 valence electrons. The summed E-state index contributed by atoms with van der Waals surface area (Å²) in [6, 6.07) is 5.34. The Bertz CT molecular complexity index is 901. The second kappa shape index (κ2) is 9.92. The first kappa shape index (κ1) is 22.2. The zero-order valence-electron chi connectivity index (χ0n) is 16.5. The van der Waals surface area contributed by atoms with E-state index in [0.29, 0.717) is 12.6 Å². The summed E-state index contributed by atoms with van der Waals surface area (Å²) in [5.74, 6) is 0.0966. The molecule has 2 rings (SSSR count). The van der Waals surface area contributed by atoms with Crippen LogP contribution in [0, 0.1) is 0 Å². The monoisotopic (exact) mass is 418 g/mol. The molecule has 0 unspecified atom stereocenters. The van der Waals surface area contributed by atoms with E-state index in [-0.39, 0.29) is 45.3 Å². The molecular formula is C20H18O10. The minimum absolute atomic E-state index is 0.0551. The lowest BCUT2D eigenvalue weighted by atomic mass is 9.95. The van der Waals surface area contributed by atoms with Gasteiger partial charge in [0, 0.05) is 11.1 Å². The summed E-state index contributed by atoms with van der Waals surface area (Å²) in [6.45, 7) is 0. The molecule has 0 saturated heterocycles. The zero-order valence-corrected chi connectivity index (χ0v) is 16.5. The highest BCUT2D eigenvalue weighted by Gasteiger charge is 2.21. The smallest absolute Gasteiger partial charge is 0.493 e. The van der Waals surface area contributed by atoms with Gasteiger partial charge in [-0.25, -0.2) is 9.59 Å². The van der Waals surface area contributed by atoms with Gasteiger partial charge in [0.15, 0.2) is 35.6 Å². The Hall–Kier alpha value is -4.08. The van der Waals surface area contributed by atoms with Crippen LogP contribution in [0.5, 0.6) is 23.0 Å². The van der Waals surface area contributed by atoms with Crippen molar-refractivity contribution in [2.75, 3.05) is 28.4 Å². The third-order valence-corrected chi connectivity index (χ3v) is 3.94. The van der Waals surface area contributed by atoms with E-state index in [1.165, 1.54) is 38.5 Å². The average molecular weight is 418 g/mol. The number of hydrogen-bond acceptors (Lipinski definition) is 10. The maximum Gasteiger partial charge on any atom is 0.513 e. The van der Waals surface area contributed by atoms with E-state index in [4.69, 9.17) is 18.9 Å². The van der Waals surface area contributed by atoms with E-state index in [0.717, 1.165) is 14.2 Å². The normalized spacial score (nSPS) is 9.87. The predicted molar refractivity (Wildman–Crippen MR) is 102 cm³/mol. The largest absolute Gasteiger partial charge is 0.513 e. The Morgan fingerprint density at radius 2 is 1.00 bits per heavy atom. The molecule has 0 atom stereocenters. The summed E-state index contributed by atoms with van der Waals surface area (Å²) in [4.78, 5) is 46.3. The maximum atomic E-state index is 11.7. The van der Waals surface area contributed by atoms with Crippen molar-refractivity contribution in [2.24, 2.45) is 0 Å². The van der Waals surface area contributed by atoms with Gasteiger partial charge in [-0.3, -0.25) is 9.59 Å². The predicted octanol–water partition coefficient (Wildman–Crippen LogP) is 3.29. The number of ether oxygens (including phenoxy) is 6. The van der Waals surface area contributed by atoms with Crippen LogP contribution in [-0.2, 0) is 9.47 Å². The lowest BCUT2D eigenvalue weighted by molar-refractivity contribution is 0.111. The van der Waals surface area contributed by atoms with Crippen LogP contribution in [0.4, 0.5) is 9.59 Å². The maximum absolute atomic E-state index is 11.7. The van der Waals surface area contributed by atoms with E-state index in [9.17, 15) is 19.2 Å². The molecular weight excluding hydrogens is 400 g/mol. The van der Waals surface area contributed by atoms with Crippen LogP contribution in [0.25, 0.3) is 11.1 Å². The number of rotatable bonds is 7. The molecule has 10 heteroatoms. The van der Waals surface area contributed by atoms with Crippen molar-refractivity contribution < 1.29 is 47.6 Å². The Labute approximate surface area is 171 Å². The highest BCUT2D eigenvalue weighted by molar-refractivity contribution is 5.97. The number of methoxy groups -OCH3 is 4. The van der Waals surface area contributed by atoms with E-state index < -0.39 is 12.3 Å². The van der Waals surface area contributed by atoms with Crippen LogP contribution in [-0.4, -0.2) is 53.3 Å². The molecule has 0 N–H and O–H groups in total. The standard InChI is InChI=1S/C20H18O10/c1-25-15-7-13(11(9-21)5-17(15)29-19(23)27-3)14-8-16(26-2)18(6-12(14)10-22)30-20(24)28-4/h5-10H,1-4H3. The van der Waals surface area contributed by atoms with Crippen molar-refractivity contribution in [3.05, 3.63) is 35.4 Å². The number of benzene rings is 2. The molecule has 0 fully saturated rings. The molecule has 0 spiro atoms. The molecule has 2 aromatic rings. The molecule has 0 heterocycles. The minimum Gasteiger partial charge on any atom is -0.493 e. The number of carbonyl (C=O) groups is 4. The Morgan fingerprint density at radius 3 is 1.27 bits per heavy atom. The van der Waals surface area contributed by atoms with E-state index in [1.807, 2.05) is 0 Å². The van der Waals surface area contributed by atoms with Crippen LogP contribution in [0.1, 0.15) is 20.7 Å². The first-order valence-corrected chi connectivity index (χ1v) is 8.28. The molecule has 0 aromatic heterocycles. The fourth-order valence-corrected chi connectivity index (χ4v) is 2.55. The third kappa shape index (κ3) is 4.66. The molecule has 0 aliphatic rings. The van der Waals surface area contributed by atoms with Crippen molar-refractivity contribution in [3.8, 4) is 34.1 Å². The summed E-state index contributed by atoms with van der Waals surface area (Å²) in [5, 5.41) is 0. The quantitative estimate of drug-likeness (QED) is 0.376. The summed E-state index contributed by atoms with van der Waals surface area (Å²) >= 11 is 0. The molecule has 0 bridgehead atoms. The van der Waals surface area contributed by atoms with Gasteiger partial charge >= 0.3 is 12.3 Å². The zero-order chi connectivity index (χ0) is 22.3. The van der Waals surface area contributed by atoms with Crippen molar-refractivity contribution in [1.82, 2.24) is 0 Å². The van der Waals surface area contributed by atoms with Crippen LogP contribution in [0.2, 0.25) is 0 Å². The summed E-state index contributed by atoms with van der Waals surface area (Å²) < 4.78 is 29.3. The van der Waals surface area contributed by atoms with Crippen LogP contribution in [0.3, 0.4) is 0 Å². The first-order chi connectivity index (χ1) is 14.4. The fourth-order valence-electron chi connectivity index (χ4n) is 2.55. The SMILES string of the molecule is COC(=O)Oc1cc(C=O)c(-c2cc(OC)c(OC(=O)OC)cc2C=O)cc1OC. The minimum atomic E-state index is -1.00. The van der Waals surface area contributed by atoms with Crippen LogP contribution < -0.4 is 18.9 Å². The van der Waals surface area contributed by atoms with Gasteiger partial charge in [0.25, 0.3) is 0 Å². The first-order valence-electron chi connectivity index (χ1n) is 8.28. The molecule has 0 aliphatic carbocycles. The van der Waals surface area contributed by atoms with Gasteiger partial charge in [-0.15, -0.1) is 0 Å². The van der Waals surface area contributed by atoms with Crippen LogP contribution >= 0.6 is 0 Å². The third-order valence-electron chi connectivity index (χ3n) is 3.94. The lowest BCUT2D eigenvalue weighted by Crippen LogP contribution is -2.09. The lowest BCUT2D eigenvalue weighted by Gasteiger charge is -2.16. The van der Waals surface area contributed by atoms with Gasteiger partial charge in [-0.05, 0) is 35.4 Å². The number of aldehydes is 2. The molecule has 0 aliphatic heterocycles. The summed E-state index contributed by atoms with van der Waals surface area (Å²) in [6.07, 6.45) is -0.979. The van der Waals surface area contributed by atoms with Crippen molar-refractivity contribution in [3.63, 3.8) is 0 Å². The highest BCUT2D eigenvalue weighted by Crippen LogP contribution is 2.40. The van der Waals surface area contributed by atoms with Gasteiger partial charge in [0.05, 0.1) is 28.4 Å². The van der Waals surface area contributed by atoms with E-state index in [1.54, 1.807) is 0 Å². The Balaban J connectivity index is 2.69. The van der Waals surface area contributed by atoms with Crippen LogP contribution in [0.15, 0.2) is 24.3 Å². The van der Waals surface area contributed by atoms with Crippen molar-refractivity contribution in [1.29, 1.82) is 0 Å². The summed E-state index contributed by atoms with van der Waals surface area (Å²) in [7, 11) is 4.92. The topological polar surface area (TPSA) is 124 Å². The second-order valence-electron chi connectivity index (χ2n) is 5.53. The molecule has 2 aromatic carbocycles. The second-order valence-corrected chi connectivity index (χ2v) is 5.53. The van der Waals surface area contributed by atoms with Gasteiger partial charge in [-0.1, -0.05) is 0 Å². The highest BCUT2D eigenvalue weighted by atomic mass is 16.7. The van der Waals surface area contributed by atoms with E-state index in [2.05, 4.69) is 9.47 Å². The molecule has 0 saturated carbocycles.